The molecule has 4 amide bonds. The minimum atomic E-state index is -0.693. The molecule has 10 heteroatoms. The fraction of sp³-hybridized carbons (Fsp3) is 0.826. The van der Waals surface area contributed by atoms with E-state index < -0.39 is 35.5 Å². The number of esters is 1. The average Bonchev–Trinajstić information content (AvgIpc) is 3.24. The van der Waals surface area contributed by atoms with Gasteiger partial charge in [0.05, 0.1) is 12.5 Å². The van der Waals surface area contributed by atoms with Crippen LogP contribution in [-0.2, 0) is 19.1 Å². The minimum Gasteiger partial charge on any atom is -0.458 e. The summed E-state index contributed by atoms with van der Waals surface area (Å²) in [6.45, 7) is 9.89. The first-order valence-electron chi connectivity index (χ1n) is 12.1. The van der Waals surface area contributed by atoms with Crippen molar-refractivity contribution in [3.8, 4) is 0 Å². The average molecular weight is 471 g/mol. The lowest BCUT2D eigenvalue weighted by molar-refractivity contribution is -0.159. The second kappa shape index (κ2) is 14.0. The number of hydrazine groups is 1. The lowest BCUT2D eigenvalue weighted by Crippen LogP contribution is -2.56. The fourth-order valence-corrected chi connectivity index (χ4v) is 3.72. The van der Waals surface area contributed by atoms with Gasteiger partial charge in [-0.05, 0) is 46.5 Å². The van der Waals surface area contributed by atoms with Gasteiger partial charge in [0, 0.05) is 13.1 Å². The lowest BCUT2D eigenvalue weighted by Gasteiger charge is -2.33. The zero-order chi connectivity index (χ0) is 25.0. The third-order valence-electron chi connectivity index (χ3n) is 5.44. The highest BCUT2D eigenvalue weighted by Crippen LogP contribution is 2.23. The second-order valence-corrected chi connectivity index (χ2v) is 9.57. The molecule has 0 aromatic carbocycles. The van der Waals surface area contributed by atoms with Crippen molar-refractivity contribution in [2.75, 3.05) is 19.6 Å². The van der Waals surface area contributed by atoms with Crippen molar-refractivity contribution in [2.24, 2.45) is 5.92 Å². The van der Waals surface area contributed by atoms with Gasteiger partial charge < -0.3 is 9.64 Å². The van der Waals surface area contributed by atoms with E-state index in [-0.39, 0.29) is 19.5 Å². The maximum Gasteiger partial charge on any atom is 0.339 e. The van der Waals surface area contributed by atoms with E-state index >= 15 is 0 Å². The Morgan fingerprint density at radius 2 is 1.85 bits per heavy atom. The smallest absolute Gasteiger partial charge is 0.339 e. The summed E-state index contributed by atoms with van der Waals surface area (Å²) in [5.74, 6) is -1.55. The van der Waals surface area contributed by atoms with Crippen LogP contribution in [0.3, 0.4) is 0 Å². The van der Waals surface area contributed by atoms with E-state index in [2.05, 4.69) is 5.43 Å². The number of carbonyl (C=O) groups excluding carboxylic acids is 4. The summed E-state index contributed by atoms with van der Waals surface area (Å²) in [5.41, 5.74) is 2.03. The number of hydrogen-bond acceptors (Lipinski definition) is 6. The SMILES string of the molecule is CCCCCC(CN(O)C=O)C(=O)NN(CCCC)C(=O)N1CCC[C@H]1C(=O)OC(C)(C)C. The molecule has 1 fully saturated rings. The summed E-state index contributed by atoms with van der Waals surface area (Å²) in [7, 11) is 0. The second-order valence-electron chi connectivity index (χ2n) is 9.57. The van der Waals surface area contributed by atoms with E-state index in [0.717, 1.165) is 25.7 Å². The number of ether oxygens (including phenoxy) is 1. The number of likely N-dealkylation sites (tertiary alicyclic amines) is 1. The molecule has 1 heterocycles. The maximum absolute atomic E-state index is 13.3. The largest absolute Gasteiger partial charge is 0.458 e. The number of rotatable bonds is 12. The van der Waals surface area contributed by atoms with Crippen LogP contribution in [-0.4, -0.2) is 75.8 Å². The Labute approximate surface area is 197 Å². The van der Waals surface area contributed by atoms with Crippen molar-refractivity contribution < 1.29 is 29.1 Å². The zero-order valence-electron chi connectivity index (χ0n) is 20.8. The predicted octanol–water partition coefficient (Wildman–Crippen LogP) is 3.09. The number of nitrogens with one attached hydrogen (secondary N) is 1. The number of hydroxylamine groups is 2. The van der Waals surface area contributed by atoms with Crippen molar-refractivity contribution >= 4 is 24.3 Å². The number of carbonyl (C=O) groups is 4. The molecule has 0 aromatic heterocycles. The van der Waals surface area contributed by atoms with Gasteiger partial charge in [-0.25, -0.2) is 19.7 Å². The highest BCUT2D eigenvalue weighted by Gasteiger charge is 2.39. The van der Waals surface area contributed by atoms with E-state index in [1.165, 1.54) is 9.91 Å². The molecule has 1 unspecified atom stereocenters. The Bertz CT molecular complexity index is 651. The predicted molar refractivity (Wildman–Crippen MR) is 123 cm³/mol. The van der Waals surface area contributed by atoms with Gasteiger partial charge in [-0.15, -0.1) is 0 Å². The molecule has 2 N–H and O–H groups in total. The zero-order valence-corrected chi connectivity index (χ0v) is 20.8. The van der Waals surface area contributed by atoms with Crippen LogP contribution in [0.25, 0.3) is 0 Å². The van der Waals surface area contributed by atoms with Gasteiger partial charge in [-0.2, -0.15) is 0 Å². The van der Waals surface area contributed by atoms with Gasteiger partial charge in [-0.3, -0.25) is 20.2 Å². The molecular formula is C23H42N4O6. The first kappa shape index (κ1) is 28.7. The maximum atomic E-state index is 13.3. The molecule has 0 spiro atoms. The summed E-state index contributed by atoms with van der Waals surface area (Å²) < 4.78 is 5.49. The number of nitrogens with zero attached hydrogens (tertiary/aromatic N) is 3. The van der Waals surface area contributed by atoms with Crippen molar-refractivity contribution in [3.05, 3.63) is 0 Å². The van der Waals surface area contributed by atoms with Crippen LogP contribution < -0.4 is 5.43 Å². The van der Waals surface area contributed by atoms with E-state index in [1.54, 1.807) is 20.8 Å². The Morgan fingerprint density at radius 1 is 1.18 bits per heavy atom. The molecule has 1 saturated heterocycles. The first-order valence-corrected chi connectivity index (χ1v) is 12.1. The van der Waals surface area contributed by atoms with Crippen LogP contribution in [0.2, 0.25) is 0 Å². The molecule has 0 bridgehead atoms. The van der Waals surface area contributed by atoms with Crippen LogP contribution in [0.15, 0.2) is 0 Å². The van der Waals surface area contributed by atoms with Crippen molar-refractivity contribution in [2.45, 2.75) is 97.6 Å². The summed E-state index contributed by atoms with van der Waals surface area (Å²) in [6.07, 6.45) is 6.03. The Kier molecular flexibility index (Phi) is 12.2. The lowest BCUT2D eigenvalue weighted by atomic mass is 10.0. The number of amides is 4. The molecule has 10 nitrogen and oxygen atoms in total. The summed E-state index contributed by atoms with van der Waals surface area (Å²) in [6, 6.07) is -1.14. The van der Waals surface area contributed by atoms with Gasteiger partial charge >= 0.3 is 12.0 Å². The van der Waals surface area contributed by atoms with Crippen molar-refractivity contribution in [3.63, 3.8) is 0 Å². The molecule has 1 aliphatic rings. The highest BCUT2D eigenvalue weighted by atomic mass is 16.6. The van der Waals surface area contributed by atoms with Crippen LogP contribution in [0, 0.1) is 5.92 Å². The Balaban J connectivity index is 2.96. The minimum absolute atomic E-state index is 0.154. The molecule has 1 aliphatic heterocycles. The third kappa shape index (κ3) is 9.98. The van der Waals surface area contributed by atoms with Gasteiger partial charge in [0.25, 0.3) is 0 Å². The van der Waals surface area contributed by atoms with Gasteiger partial charge in [0.15, 0.2) is 0 Å². The molecule has 2 atom stereocenters. The number of urea groups is 1. The van der Waals surface area contributed by atoms with E-state index in [9.17, 15) is 24.4 Å². The van der Waals surface area contributed by atoms with Gasteiger partial charge in [0.2, 0.25) is 12.3 Å². The van der Waals surface area contributed by atoms with Crippen LogP contribution in [0.4, 0.5) is 4.79 Å². The quantitative estimate of drug-likeness (QED) is 0.149. The first-order chi connectivity index (χ1) is 15.5. The number of unbranched alkanes of at least 4 members (excludes halogenated alkanes) is 3. The summed E-state index contributed by atoms with van der Waals surface area (Å²) in [5, 5.41) is 11.3. The molecule has 0 radical (unpaired) electrons. The fourth-order valence-electron chi connectivity index (χ4n) is 3.72. The van der Waals surface area contributed by atoms with E-state index in [4.69, 9.17) is 4.74 Å². The highest BCUT2D eigenvalue weighted by molar-refractivity contribution is 5.87. The third-order valence-corrected chi connectivity index (χ3v) is 5.44. The Hall–Kier alpha value is -2.36. The topological polar surface area (TPSA) is 119 Å². The molecule has 1 rings (SSSR count). The van der Waals surface area contributed by atoms with Crippen LogP contribution in [0.1, 0.15) is 86.0 Å². The molecule has 0 aromatic rings. The summed E-state index contributed by atoms with van der Waals surface area (Å²) in [4.78, 5) is 51.3. The van der Waals surface area contributed by atoms with Gasteiger partial charge in [-0.1, -0.05) is 39.5 Å². The standard InChI is InChI=1S/C23H42N4O6/c1-6-8-10-12-18(16-25(32)17-28)20(29)24-27(15-9-7-2)22(31)26-14-11-13-19(26)21(30)33-23(3,4)5/h17-19,32H,6-16H2,1-5H3,(H,24,29)/t18?,19-/m0/s1. The number of hydrogen-bond donors (Lipinski definition) is 2. The van der Waals surface area contributed by atoms with Crippen LogP contribution in [0.5, 0.6) is 0 Å². The van der Waals surface area contributed by atoms with Crippen molar-refractivity contribution in [1.82, 2.24) is 20.4 Å². The summed E-state index contributed by atoms with van der Waals surface area (Å²) >= 11 is 0. The molecule has 33 heavy (non-hydrogen) atoms. The van der Waals surface area contributed by atoms with Gasteiger partial charge in [0.1, 0.15) is 11.6 Å². The monoisotopic (exact) mass is 470 g/mol. The molecular weight excluding hydrogens is 428 g/mol. The Morgan fingerprint density at radius 3 is 2.42 bits per heavy atom. The molecule has 0 saturated carbocycles. The van der Waals surface area contributed by atoms with Crippen LogP contribution >= 0.6 is 0 Å². The molecule has 0 aliphatic carbocycles. The van der Waals surface area contributed by atoms with E-state index in [1.807, 2.05) is 13.8 Å². The van der Waals surface area contributed by atoms with Crippen molar-refractivity contribution in [1.29, 1.82) is 0 Å². The van der Waals surface area contributed by atoms with E-state index in [0.29, 0.717) is 37.3 Å². The normalized spacial score (nSPS) is 16.8. The molecule has 190 valence electrons.